The molecule has 2 aromatic carbocycles. The fraction of sp³-hybridized carbons (Fsp3) is 0.500. The van der Waals surface area contributed by atoms with Crippen LogP contribution in [0.15, 0.2) is 54.6 Å². The molecule has 1 saturated heterocycles. The van der Waals surface area contributed by atoms with E-state index in [9.17, 15) is 23.1 Å². The van der Waals surface area contributed by atoms with Gasteiger partial charge in [-0.2, -0.15) is 13.2 Å². The van der Waals surface area contributed by atoms with Gasteiger partial charge in [0.05, 0.1) is 5.56 Å². The molecule has 1 unspecified atom stereocenters. The molecule has 0 bridgehead atoms. The van der Waals surface area contributed by atoms with Crippen molar-refractivity contribution >= 4 is 6.09 Å². The molecule has 3 rings (SSSR count). The predicted octanol–water partition coefficient (Wildman–Crippen LogP) is 6.31. The molecule has 0 radical (unpaired) electrons. The maximum atomic E-state index is 13.5. The van der Waals surface area contributed by atoms with Crippen LogP contribution in [0.3, 0.4) is 0 Å². The van der Waals surface area contributed by atoms with Crippen LogP contribution < -0.4 is 5.32 Å². The van der Waals surface area contributed by atoms with E-state index in [1.165, 1.54) is 17.7 Å². The molecule has 7 heteroatoms. The van der Waals surface area contributed by atoms with Crippen molar-refractivity contribution in [3.05, 3.63) is 71.3 Å². The number of rotatable bonds is 6. The van der Waals surface area contributed by atoms with E-state index in [1.54, 1.807) is 6.07 Å². The molecule has 4 nitrogen and oxygen atoms in total. The summed E-state index contributed by atoms with van der Waals surface area (Å²) >= 11 is 0. The molecule has 1 aliphatic heterocycles. The smallest absolute Gasteiger partial charge is 0.416 e. The lowest BCUT2D eigenvalue weighted by atomic mass is 9.65. The van der Waals surface area contributed by atoms with Crippen LogP contribution in [0.4, 0.5) is 18.0 Å². The zero-order chi connectivity index (χ0) is 24.3. The van der Waals surface area contributed by atoms with Gasteiger partial charge in [-0.05, 0) is 60.4 Å². The van der Waals surface area contributed by atoms with Gasteiger partial charge in [-0.1, -0.05) is 69.3 Å². The molecule has 1 fully saturated rings. The molecule has 1 heterocycles. The molecule has 1 aliphatic rings. The number of nitrogens with one attached hydrogen (secondary N) is 1. The van der Waals surface area contributed by atoms with Crippen LogP contribution in [0.25, 0.3) is 0 Å². The van der Waals surface area contributed by atoms with Crippen LogP contribution in [-0.4, -0.2) is 35.2 Å². The second-order valence-electron chi connectivity index (χ2n) is 10.2. The van der Waals surface area contributed by atoms with Gasteiger partial charge in [-0.15, -0.1) is 0 Å². The Labute approximate surface area is 193 Å². The largest absolute Gasteiger partial charge is 0.465 e. The number of amides is 1. The Bertz CT molecular complexity index is 931. The number of piperidine rings is 1. The van der Waals surface area contributed by atoms with Crippen molar-refractivity contribution < 1.29 is 23.1 Å². The normalized spacial score (nSPS) is 18.0. The highest BCUT2D eigenvalue weighted by Gasteiger charge is 2.42. The minimum absolute atomic E-state index is 0.381. The van der Waals surface area contributed by atoms with Crippen molar-refractivity contribution in [3.63, 3.8) is 0 Å². The summed E-state index contributed by atoms with van der Waals surface area (Å²) < 4.78 is 40.5. The second-order valence-corrected chi connectivity index (χ2v) is 10.2. The highest BCUT2D eigenvalue weighted by Crippen LogP contribution is 2.44. The second kappa shape index (κ2) is 9.75. The quantitative estimate of drug-likeness (QED) is 0.529. The molecule has 2 N–H and O–H groups in total. The topological polar surface area (TPSA) is 52.6 Å². The van der Waals surface area contributed by atoms with Gasteiger partial charge in [-0.3, -0.25) is 4.90 Å². The van der Waals surface area contributed by atoms with Crippen LogP contribution in [0.5, 0.6) is 0 Å². The van der Waals surface area contributed by atoms with Gasteiger partial charge in [0.2, 0.25) is 0 Å². The van der Waals surface area contributed by atoms with Gasteiger partial charge < -0.3 is 10.4 Å². The number of halogens is 3. The number of carboxylic acid groups (broad SMARTS) is 1. The summed E-state index contributed by atoms with van der Waals surface area (Å²) in [5.41, 5.74) is 0.246. The Morgan fingerprint density at radius 3 is 2.24 bits per heavy atom. The number of carbonyl (C=O) groups is 1. The molecule has 2 aromatic rings. The molecule has 0 saturated carbocycles. The van der Waals surface area contributed by atoms with Crippen molar-refractivity contribution in [1.29, 1.82) is 0 Å². The number of nitrogens with zero attached hydrogens (tertiary/aromatic N) is 1. The van der Waals surface area contributed by atoms with Crippen LogP contribution in [0.2, 0.25) is 0 Å². The van der Waals surface area contributed by atoms with Crippen LogP contribution in [0, 0.1) is 5.41 Å². The first-order valence-corrected chi connectivity index (χ1v) is 11.3. The first kappa shape index (κ1) is 25.1. The number of benzene rings is 2. The predicted molar refractivity (Wildman–Crippen MR) is 123 cm³/mol. The molecule has 0 aromatic heterocycles. The SMILES string of the molecule is CC(C)(C)C(CC1(c2cccc(C(F)(F)F)c2)CCN(Cc2ccccc2)CC1)NC(=O)O. The first-order valence-electron chi connectivity index (χ1n) is 11.3. The zero-order valence-electron chi connectivity index (χ0n) is 19.5. The number of hydrogen-bond acceptors (Lipinski definition) is 2. The van der Waals surface area contributed by atoms with E-state index in [0.717, 1.165) is 25.7 Å². The van der Waals surface area contributed by atoms with Crippen molar-refractivity contribution in [1.82, 2.24) is 10.2 Å². The van der Waals surface area contributed by atoms with E-state index in [4.69, 9.17) is 0 Å². The lowest BCUT2D eigenvalue weighted by Gasteiger charge is -2.46. The van der Waals surface area contributed by atoms with E-state index in [1.807, 2.05) is 39.0 Å². The van der Waals surface area contributed by atoms with E-state index in [-0.39, 0.29) is 5.41 Å². The Morgan fingerprint density at radius 2 is 1.70 bits per heavy atom. The van der Waals surface area contributed by atoms with E-state index >= 15 is 0 Å². The molecule has 180 valence electrons. The standard InChI is InChI=1S/C26H33F3N2O2/c1-24(2,3)22(30-23(32)33)17-25(20-10-7-11-21(16-20)26(27,28)29)12-14-31(15-13-25)18-19-8-5-4-6-9-19/h4-11,16,22,30H,12-15,17-18H2,1-3H3,(H,32,33). The molecule has 0 aliphatic carbocycles. The van der Waals surface area contributed by atoms with E-state index in [0.29, 0.717) is 24.8 Å². The summed E-state index contributed by atoms with van der Waals surface area (Å²) in [6.45, 7) is 8.12. The average Bonchev–Trinajstić information content (AvgIpc) is 2.74. The Kier molecular flexibility index (Phi) is 7.42. The van der Waals surface area contributed by atoms with Gasteiger partial charge in [-0.25, -0.2) is 4.79 Å². The van der Waals surface area contributed by atoms with Gasteiger partial charge >= 0.3 is 12.3 Å². The third-order valence-electron chi connectivity index (χ3n) is 6.80. The Hall–Kier alpha value is -2.54. The molecular weight excluding hydrogens is 429 g/mol. The van der Waals surface area contributed by atoms with Crippen molar-refractivity contribution in [3.8, 4) is 0 Å². The maximum absolute atomic E-state index is 13.5. The minimum Gasteiger partial charge on any atom is -0.465 e. The molecule has 1 atom stereocenters. The summed E-state index contributed by atoms with van der Waals surface area (Å²) in [6, 6.07) is 15.3. The number of alkyl halides is 3. The Balaban J connectivity index is 1.91. The fourth-order valence-corrected chi connectivity index (χ4v) is 4.73. The number of likely N-dealkylation sites (tertiary alicyclic amines) is 1. The van der Waals surface area contributed by atoms with Crippen LogP contribution >= 0.6 is 0 Å². The fourth-order valence-electron chi connectivity index (χ4n) is 4.73. The average molecular weight is 463 g/mol. The van der Waals surface area contributed by atoms with Gasteiger partial charge in [0, 0.05) is 12.6 Å². The van der Waals surface area contributed by atoms with Crippen molar-refractivity contribution in [2.45, 2.75) is 64.2 Å². The lowest BCUT2D eigenvalue weighted by molar-refractivity contribution is -0.137. The number of hydrogen-bond donors (Lipinski definition) is 2. The van der Waals surface area contributed by atoms with Crippen molar-refractivity contribution in [2.75, 3.05) is 13.1 Å². The van der Waals surface area contributed by atoms with Gasteiger partial charge in [0.1, 0.15) is 0 Å². The molecule has 33 heavy (non-hydrogen) atoms. The third kappa shape index (κ3) is 6.50. The molecule has 1 amide bonds. The summed E-state index contributed by atoms with van der Waals surface area (Å²) in [6.07, 6.45) is -3.77. The van der Waals surface area contributed by atoms with Gasteiger partial charge in [0.25, 0.3) is 0 Å². The van der Waals surface area contributed by atoms with Gasteiger partial charge in [0.15, 0.2) is 0 Å². The van der Waals surface area contributed by atoms with Crippen LogP contribution in [-0.2, 0) is 18.1 Å². The molecular formula is C26H33F3N2O2. The summed E-state index contributed by atoms with van der Waals surface area (Å²) in [7, 11) is 0. The first-order chi connectivity index (χ1) is 15.4. The summed E-state index contributed by atoms with van der Waals surface area (Å²) in [4.78, 5) is 13.8. The maximum Gasteiger partial charge on any atom is 0.416 e. The van der Waals surface area contributed by atoms with Crippen LogP contribution in [0.1, 0.15) is 56.7 Å². The van der Waals surface area contributed by atoms with Crippen molar-refractivity contribution in [2.24, 2.45) is 5.41 Å². The minimum atomic E-state index is -4.42. The zero-order valence-corrected chi connectivity index (χ0v) is 19.5. The molecule has 0 spiro atoms. The summed E-state index contributed by atoms with van der Waals surface area (Å²) in [5, 5.41) is 12.1. The van der Waals surface area contributed by atoms with E-state index < -0.39 is 29.3 Å². The highest BCUT2D eigenvalue weighted by molar-refractivity contribution is 5.65. The third-order valence-corrected chi connectivity index (χ3v) is 6.80. The monoisotopic (exact) mass is 462 g/mol. The van der Waals surface area contributed by atoms with E-state index in [2.05, 4.69) is 22.3 Å². The highest BCUT2D eigenvalue weighted by atomic mass is 19.4. The Morgan fingerprint density at radius 1 is 1.06 bits per heavy atom. The lowest BCUT2D eigenvalue weighted by Crippen LogP contribution is -2.51. The summed E-state index contributed by atoms with van der Waals surface area (Å²) in [5.74, 6) is 0.